The Morgan fingerprint density at radius 3 is 2.50 bits per heavy atom. The zero-order valence-electron chi connectivity index (χ0n) is 10.7. The second kappa shape index (κ2) is 4.63. The molecule has 1 aliphatic carbocycles. The lowest BCUT2D eigenvalue weighted by atomic mass is 9.71. The number of rotatable bonds is 3. The highest BCUT2D eigenvalue weighted by molar-refractivity contribution is 4.92. The summed E-state index contributed by atoms with van der Waals surface area (Å²) in [7, 11) is 0. The average Bonchev–Trinajstić information content (AvgIpc) is 2.74. The molecule has 1 atom stereocenters. The highest BCUT2D eigenvalue weighted by atomic mass is 16.3. The van der Waals surface area contributed by atoms with Crippen LogP contribution in [0.4, 0.5) is 0 Å². The van der Waals surface area contributed by atoms with Gasteiger partial charge in [-0.2, -0.15) is 0 Å². The predicted molar refractivity (Wildman–Crippen MR) is 66.5 cm³/mol. The van der Waals surface area contributed by atoms with Crippen molar-refractivity contribution in [3.63, 3.8) is 0 Å². The standard InChI is InChI=1S/C13H26N2O/c1-12(2)4-6-13(16,7-5-12)10-15-11-3-8-14-9-11/h11,14-16H,3-10H2,1-2H3. The molecule has 0 spiro atoms. The van der Waals surface area contributed by atoms with Gasteiger partial charge in [-0.05, 0) is 44.1 Å². The lowest BCUT2D eigenvalue weighted by molar-refractivity contribution is -0.0257. The van der Waals surface area contributed by atoms with Gasteiger partial charge in [0.2, 0.25) is 0 Å². The van der Waals surface area contributed by atoms with E-state index in [1.807, 2.05) is 0 Å². The van der Waals surface area contributed by atoms with Gasteiger partial charge in [0.1, 0.15) is 0 Å². The smallest absolute Gasteiger partial charge is 0.0772 e. The molecule has 1 saturated heterocycles. The Hall–Kier alpha value is -0.120. The Labute approximate surface area is 99.0 Å². The van der Waals surface area contributed by atoms with Gasteiger partial charge in [0.25, 0.3) is 0 Å². The van der Waals surface area contributed by atoms with Crippen LogP contribution in [0.2, 0.25) is 0 Å². The summed E-state index contributed by atoms with van der Waals surface area (Å²) in [5.41, 5.74) is -0.0146. The van der Waals surface area contributed by atoms with Crippen LogP contribution in [0, 0.1) is 5.41 Å². The quantitative estimate of drug-likeness (QED) is 0.679. The topological polar surface area (TPSA) is 44.3 Å². The van der Waals surface area contributed by atoms with E-state index >= 15 is 0 Å². The van der Waals surface area contributed by atoms with Crippen LogP contribution in [-0.2, 0) is 0 Å². The van der Waals surface area contributed by atoms with Crippen molar-refractivity contribution in [3.05, 3.63) is 0 Å². The summed E-state index contributed by atoms with van der Waals surface area (Å²) < 4.78 is 0. The summed E-state index contributed by atoms with van der Waals surface area (Å²) >= 11 is 0. The third kappa shape index (κ3) is 3.19. The van der Waals surface area contributed by atoms with Crippen molar-refractivity contribution in [1.29, 1.82) is 0 Å². The first-order valence-electron chi connectivity index (χ1n) is 6.66. The Morgan fingerprint density at radius 2 is 1.94 bits per heavy atom. The summed E-state index contributed by atoms with van der Waals surface area (Å²) in [5.74, 6) is 0. The largest absolute Gasteiger partial charge is 0.389 e. The van der Waals surface area contributed by atoms with Gasteiger partial charge < -0.3 is 15.7 Å². The normalized spacial score (nSPS) is 32.8. The van der Waals surface area contributed by atoms with E-state index in [2.05, 4.69) is 24.5 Å². The first kappa shape index (κ1) is 12.3. The van der Waals surface area contributed by atoms with E-state index in [1.165, 1.54) is 6.42 Å². The number of hydrogen-bond donors (Lipinski definition) is 3. The van der Waals surface area contributed by atoms with Crippen molar-refractivity contribution in [3.8, 4) is 0 Å². The molecule has 0 bridgehead atoms. The lowest BCUT2D eigenvalue weighted by Gasteiger charge is -2.40. The van der Waals surface area contributed by atoms with E-state index < -0.39 is 5.60 Å². The van der Waals surface area contributed by atoms with Gasteiger partial charge in [-0.15, -0.1) is 0 Å². The van der Waals surface area contributed by atoms with Gasteiger partial charge in [0, 0.05) is 19.1 Å². The number of hydrogen-bond acceptors (Lipinski definition) is 3. The summed E-state index contributed by atoms with van der Waals surface area (Å²) in [6.07, 6.45) is 5.39. The summed E-state index contributed by atoms with van der Waals surface area (Å²) in [4.78, 5) is 0. The third-order valence-electron chi connectivity index (χ3n) is 4.31. The summed E-state index contributed by atoms with van der Waals surface area (Å²) in [5, 5.41) is 17.3. The van der Waals surface area contributed by atoms with Gasteiger partial charge in [0.05, 0.1) is 5.60 Å². The minimum absolute atomic E-state index is 0.432. The Morgan fingerprint density at radius 1 is 1.25 bits per heavy atom. The molecule has 1 saturated carbocycles. The van der Waals surface area contributed by atoms with E-state index in [0.717, 1.165) is 45.3 Å². The second-order valence-corrected chi connectivity index (χ2v) is 6.46. The minimum Gasteiger partial charge on any atom is -0.389 e. The summed E-state index contributed by atoms with van der Waals surface area (Å²) in [6, 6.07) is 0.568. The third-order valence-corrected chi connectivity index (χ3v) is 4.31. The fourth-order valence-corrected chi connectivity index (χ4v) is 2.73. The number of aliphatic hydroxyl groups is 1. The molecule has 0 aromatic rings. The predicted octanol–water partition coefficient (Wildman–Crippen LogP) is 1.27. The highest BCUT2D eigenvalue weighted by Crippen LogP contribution is 2.39. The first-order chi connectivity index (χ1) is 7.49. The van der Waals surface area contributed by atoms with Crippen molar-refractivity contribution in [2.24, 2.45) is 5.41 Å². The van der Waals surface area contributed by atoms with Crippen LogP contribution in [0.25, 0.3) is 0 Å². The molecule has 3 heteroatoms. The highest BCUT2D eigenvalue weighted by Gasteiger charge is 2.36. The fourth-order valence-electron chi connectivity index (χ4n) is 2.73. The maximum absolute atomic E-state index is 10.5. The minimum atomic E-state index is -0.446. The molecule has 2 fully saturated rings. The van der Waals surface area contributed by atoms with Crippen LogP contribution in [0.1, 0.15) is 46.0 Å². The molecular formula is C13H26N2O. The molecular weight excluding hydrogens is 200 g/mol. The van der Waals surface area contributed by atoms with Crippen molar-refractivity contribution >= 4 is 0 Å². The SMILES string of the molecule is CC1(C)CCC(O)(CNC2CCNC2)CC1. The maximum Gasteiger partial charge on any atom is 0.0772 e. The van der Waals surface area contributed by atoms with Crippen LogP contribution in [0.3, 0.4) is 0 Å². The summed E-state index contributed by atoms with van der Waals surface area (Å²) in [6.45, 7) is 7.56. The van der Waals surface area contributed by atoms with Crippen LogP contribution >= 0.6 is 0 Å². The van der Waals surface area contributed by atoms with Crippen molar-refractivity contribution in [2.75, 3.05) is 19.6 Å². The molecule has 0 aromatic carbocycles. The molecule has 3 N–H and O–H groups in total. The average molecular weight is 226 g/mol. The van der Waals surface area contributed by atoms with Crippen molar-refractivity contribution < 1.29 is 5.11 Å². The van der Waals surface area contributed by atoms with Gasteiger partial charge in [0.15, 0.2) is 0 Å². The zero-order chi connectivity index (χ0) is 11.6. The molecule has 0 amide bonds. The van der Waals surface area contributed by atoms with Gasteiger partial charge >= 0.3 is 0 Å². The van der Waals surface area contributed by atoms with Crippen LogP contribution in [0.5, 0.6) is 0 Å². The van der Waals surface area contributed by atoms with E-state index in [-0.39, 0.29) is 0 Å². The molecule has 2 aliphatic rings. The molecule has 1 heterocycles. The molecule has 0 radical (unpaired) electrons. The maximum atomic E-state index is 10.5. The van der Waals surface area contributed by atoms with E-state index in [9.17, 15) is 5.11 Å². The van der Waals surface area contributed by atoms with Gasteiger partial charge in [-0.25, -0.2) is 0 Å². The lowest BCUT2D eigenvalue weighted by Crippen LogP contribution is -2.48. The van der Waals surface area contributed by atoms with Crippen LogP contribution < -0.4 is 10.6 Å². The molecule has 3 nitrogen and oxygen atoms in total. The second-order valence-electron chi connectivity index (χ2n) is 6.46. The van der Waals surface area contributed by atoms with Gasteiger partial charge in [-0.3, -0.25) is 0 Å². The molecule has 94 valence electrons. The zero-order valence-corrected chi connectivity index (χ0v) is 10.7. The van der Waals surface area contributed by atoms with Crippen LogP contribution in [-0.4, -0.2) is 36.4 Å². The Kier molecular flexibility index (Phi) is 3.57. The van der Waals surface area contributed by atoms with Crippen molar-refractivity contribution in [2.45, 2.75) is 57.6 Å². The van der Waals surface area contributed by atoms with Crippen molar-refractivity contribution in [1.82, 2.24) is 10.6 Å². The molecule has 1 unspecified atom stereocenters. The first-order valence-corrected chi connectivity index (χ1v) is 6.66. The molecule has 16 heavy (non-hydrogen) atoms. The van der Waals surface area contributed by atoms with E-state index in [4.69, 9.17) is 0 Å². The van der Waals surface area contributed by atoms with Crippen LogP contribution in [0.15, 0.2) is 0 Å². The van der Waals surface area contributed by atoms with Gasteiger partial charge in [-0.1, -0.05) is 13.8 Å². The van der Waals surface area contributed by atoms with E-state index in [0.29, 0.717) is 11.5 Å². The molecule has 1 aliphatic heterocycles. The fraction of sp³-hybridized carbons (Fsp3) is 1.00. The Balaban J connectivity index is 1.75. The molecule has 2 rings (SSSR count). The van der Waals surface area contributed by atoms with E-state index in [1.54, 1.807) is 0 Å². The number of nitrogens with one attached hydrogen (secondary N) is 2. The molecule has 0 aromatic heterocycles. The Bertz CT molecular complexity index is 224. The monoisotopic (exact) mass is 226 g/mol.